The predicted octanol–water partition coefficient (Wildman–Crippen LogP) is 5.56. The molecule has 0 aliphatic heterocycles. The zero-order chi connectivity index (χ0) is 20.5. The highest BCUT2D eigenvalue weighted by Gasteiger charge is 2.20. The number of non-ortho nitro benzene ring substituents is 1. The van der Waals surface area contributed by atoms with Gasteiger partial charge >= 0.3 is 0 Å². The molecule has 0 fully saturated rings. The fourth-order valence-corrected chi connectivity index (χ4v) is 5.13. The van der Waals surface area contributed by atoms with Crippen LogP contribution >= 0.6 is 11.3 Å². The number of nitro benzene ring substituents is 1. The van der Waals surface area contributed by atoms with Crippen molar-refractivity contribution in [3.63, 3.8) is 0 Å². The molecule has 3 aromatic rings. The summed E-state index contributed by atoms with van der Waals surface area (Å²) in [6.07, 6.45) is 6.10. The molecule has 0 amide bonds. The topological polar surface area (TPSA) is 84.2 Å². The molecule has 0 unspecified atom stereocenters. The van der Waals surface area contributed by atoms with Gasteiger partial charge in [0.05, 0.1) is 16.2 Å². The molecule has 0 N–H and O–H groups in total. The Morgan fingerprint density at radius 3 is 2.83 bits per heavy atom. The molecule has 146 valence electrons. The lowest BCUT2D eigenvalue weighted by molar-refractivity contribution is -0.384. The molecule has 0 saturated heterocycles. The number of hydrogen-bond donors (Lipinski definition) is 0. The van der Waals surface area contributed by atoms with E-state index in [0.717, 1.165) is 46.9 Å². The van der Waals surface area contributed by atoms with Gasteiger partial charge in [-0.15, -0.1) is 11.3 Å². The molecule has 0 spiro atoms. The zero-order valence-electron chi connectivity index (χ0n) is 16.3. The van der Waals surface area contributed by atoms with Crippen LogP contribution in [0.25, 0.3) is 5.69 Å². The smallest absolute Gasteiger partial charge is 0.271 e. The lowest BCUT2D eigenvalue weighted by atomic mass is 9.96. The summed E-state index contributed by atoms with van der Waals surface area (Å²) >= 11 is 1.62. The highest BCUT2D eigenvalue weighted by molar-refractivity contribution is 7.16. The highest BCUT2D eigenvalue weighted by atomic mass is 32.1. The van der Waals surface area contributed by atoms with Gasteiger partial charge in [-0.05, 0) is 57.2 Å². The third-order valence-electron chi connectivity index (χ3n) is 5.35. The summed E-state index contributed by atoms with van der Waals surface area (Å²) in [5, 5.41) is 21.5. The van der Waals surface area contributed by atoms with Crippen molar-refractivity contribution in [1.82, 2.24) is 4.57 Å². The zero-order valence-corrected chi connectivity index (χ0v) is 17.1. The molecule has 4 rings (SSSR count). The highest BCUT2D eigenvalue weighted by Crippen LogP contribution is 2.39. The van der Waals surface area contributed by atoms with Crippen molar-refractivity contribution in [2.24, 2.45) is 4.99 Å². The Morgan fingerprint density at radius 1 is 1.28 bits per heavy atom. The van der Waals surface area contributed by atoms with Crippen LogP contribution in [0.1, 0.15) is 45.8 Å². The molecule has 0 saturated carbocycles. The summed E-state index contributed by atoms with van der Waals surface area (Å²) in [7, 11) is 0. The first-order chi connectivity index (χ1) is 14.0. The lowest BCUT2D eigenvalue weighted by Crippen LogP contribution is -2.00. The summed E-state index contributed by atoms with van der Waals surface area (Å²) in [5.41, 5.74) is 5.56. The van der Waals surface area contributed by atoms with E-state index in [9.17, 15) is 15.4 Å². The number of hydrogen-bond acceptors (Lipinski definition) is 5. The van der Waals surface area contributed by atoms with Crippen LogP contribution in [-0.4, -0.2) is 15.7 Å². The van der Waals surface area contributed by atoms with Crippen LogP contribution in [0, 0.1) is 35.3 Å². The van der Waals surface area contributed by atoms with Crippen LogP contribution in [0.5, 0.6) is 0 Å². The Morgan fingerprint density at radius 2 is 2.07 bits per heavy atom. The SMILES string of the molecule is Cc1cc(/C=N/c2sc3c(c2C#N)CCCC3)c(C)n1-c1cccc([N+](=O)[O-])c1. The summed E-state index contributed by atoms with van der Waals surface area (Å²) in [6, 6.07) is 11.0. The van der Waals surface area contributed by atoms with Crippen molar-refractivity contribution >= 4 is 28.2 Å². The van der Waals surface area contributed by atoms with E-state index in [4.69, 9.17) is 0 Å². The van der Waals surface area contributed by atoms with E-state index in [0.29, 0.717) is 5.56 Å². The van der Waals surface area contributed by atoms with Gasteiger partial charge in [0.25, 0.3) is 5.69 Å². The van der Waals surface area contributed by atoms with E-state index in [1.807, 2.05) is 30.5 Å². The van der Waals surface area contributed by atoms with E-state index < -0.39 is 0 Å². The van der Waals surface area contributed by atoms with Gasteiger partial charge < -0.3 is 4.57 Å². The van der Waals surface area contributed by atoms with Crippen LogP contribution in [0.4, 0.5) is 10.7 Å². The van der Waals surface area contributed by atoms with Crippen molar-refractivity contribution < 1.29 is 4.92 Å². The van der Waals surface area contributed by atoms with E-state index in [1.165, 1.54) is 22.9 Å². The summed E-state index contributed by atoms with van der Waals surface area (Å²) in [5.74, 6) is 0. The Kier molecular flexibility index (Phi) is 5.03. The van der Waals surface area contributed by atoms with E-state index in [-0.39, 0.29) is 10.6 Å². The average molecular weight is 404 g/mol. The number of thiophene rings is 1. The standard InChI is InChI=1S/C22H20N4O2S/c1-14-10-16(15(2)25(14)17-6-5-7-18(11-17)26(27)28)13-24-22-20(12-23)19-8-3-4-9-21(19)29-22/h5-7,10-11,13H,3-4,8-9H2,1-2H3/b24-13+. The van der Waals surface area contributed by atoms with E-state index in [2.05, 4.69) is 11.1 Å². The van der Waals surface area contributed by atoms with Crippen molar-refractivity contribution in [2.75, 3.05) is 0 Å². The van der Waals surface area contributed by atoms with Crippen LogP contribution in [0.2, 0.25) is 0 Å². The van der Waals surface area contributed by atoms with Gasteiger partial charge in [0.15, 0.2) is 0 Å². The summed E-state index contributed by atoms with van der Waals surface area (Å²) in [4.78, 5) is 16.7. The fraction of sp³-hybridized carbons (Fsp3) is 0.273. The van der Waals surface area contributed by atoms with Gasteiger partial charge in [0.2, 0.25) is 0 Å². The normalized spacial score (nSPS) is 13.4. The first-order valence-corrected chi connectivity index (χ1v) is 10.3. The van der Waals surface area contributed by atoms with E-state index >= 15 is 0 Å². The van der Waals surface area contributed by atoms with Crippen LogP contribution in [0.3, 0.4) is 0 Å². The second-order valence-electron chi connectivity index (χ2n) is 7.20. The molecule has 7 heteroatoms. The first-order valence-electron chi connectivity index (χ1n) is 9.52. The van der Waals surface area contributed by atoms with Gasteiger partial charge in [-0.25, -0.2) is 4.99 Å². The van der Waals surface area contributed by atoms with E-state index in [1.54, 1.807) is 29.7 Å². The third-order valence-corrected chi connectivity index (χ3v) is 6.55. The Bertz CT molecular complexity index is 1180. The molecule has 0 bridgehead atoms. The number of aliphatic imine (C=N–C) groups is 1. The molecule has 29 heavy (non-hydrogen) atoms. The fourth-order valence-electron chi connectivity index (χ4n) is 3.95. The molecule has 6 nitrogen and oxygen atoms in total. The number of aryl methyl sites for hydroxylation is 2. The lowest BCUT2D eigenvalue weighted by Gasteiger charge is -2.09. The minimum Gasteiger partial charge on any atom is -0.318 e. The second kappa shape index (κ2) is 7.64. The molecule has 0 atom stereocenters. The molecular formula is C22H20N4O2S. The van der Waals surface area contributed by atoms with Gasteiger partial charge in [-0.2, -0.15) is 5.26 Å². The van der Waals surface area contributed by atoms with Crippen molar-refractivity contribution in [3.8, 4) is 11.8 Å². The Hall–Kier alpha value is -3.24. The Labute approximate surface area is 172 Å². The summed E-state index contributed by atoms with van der Waals surface area (Å²) in [6.45, 7) is 3.94. The number of aromatic nitrogens is 1. The van der Waals surface area contributed by atoms with Crippen LogP contribution in [0.15, 0.2) is 35.3 Å². The molecule has 1 aliphatic carbocycles. The molecule has 2 aromatic heterocycles. The predicted molar refractivity (Wildman–Crippen MR) is 115 cm³/mol. The number of nitro groups is 1. The number of nitriles is 1. The average Bonchev–Trinajstić information content (AvgIpc) is 3.22. The summed E-state index contributed by atoms with van der Waals surface area (Å²) < 4.78 is 1.99. The number of fused-ring (bicyclic) bond motifs is 1. The maximum absolute atomic E-state index is 11.1. The number of benzene rings is 1. The van der Waals surface area contributed by atoms with Crippen molar-refractivity contribution in [1.29, 1.82) is 5.26 Å². The number of nitrogens with zero attached hydrogens (tertiary/aromatic N) is 4. The molecule has 2 heterocycles. The Balaban J connectivity index is 1.71. The minimum absolute atomic E-state index is 0.0630. The second-order valence-corrected chi connectivity index (χ2v) is 8.28. The van der Waals surface area contributed by atoms with Crippen molar-refractivity contribution in [2.45, 2.75) is 39.5 Å². The van der Waals surface area contributed by atoms with Crippen LogP contribution in [-0.2, 0) is 12.8 Å². The van der Waals surface area contributed by atoms with Crippen LogP contribution < -0.4 is 0 Å². The molecule has 1 aliphatic rings. The van der Waals surface area contributed by atoms with Gasteiger partial charge in [-0.3, -0.25) is 10.1 Å². The van der Waals surface area contributed by atoms with Gasteiger partial charge in [0.1, 0.15) is 11.1 Å². The minimum atomic E-state index is -0.387. The monoisotopic (exact) mass is 404 g/mol. The molecule has 0 radical (unpaired) electrons. The molecular weight excluding hydrogens is 384 g/mol. The third kappa shape index (κ3) is 3.47. The molecule has 1 aromatic carbocycles. The first kappa shape index (κ1) is 19.1. The quantitative estimate of drug-likeness (QED) is 0.324. The maximum atomic E-state index is 11.1. The number of rotatable bonds is 4. The largest absolute Gasteiger partial charge is 0.318 e. The maximum Gasteiger partial charge on any atom is 0.271 e. The van der Waals surface area contributed by atoms with Crippen molar-refractivity contribution in [3.05, 3.63) is 73.4 Å². The van der Waals surface area contributed by atoms with Gasteiger partial charge in [-0.1, -0.05) is 6.07 Å². The van der Waals surface area contributed by atoms with Gasteiger partial charge in [0, 0.05) is 40.2 Å².